The molecule has 1 atom stereocenters. The van der Waals surface area contributed by atoms with Crippen molar-refractivity contribution in [2.45, 2.75) is 17.9 Å². The Balaban J connectivity index is 2.03. The van der Waals surface area contributed by atoms with Crippen LogP contribution in [0.3, 0.4) is 0 Å². The minimum Gasteiger partial charge on any atom is -0.386 e. The molecule has 0 aliphatic rings. The fourth-order valence-electron chi connectivity index (χ4n) is 1.75. The van der Waals surface area contributed by atoms with Gasteiger partial charge < -0.3 is 5.11 Å². The van der Waals surface area contributed by atoms with Crippen molar-refractivity contribution in [2.24, 2.45) is 7.05 Å². The Morgan fingerprint density at radius 3 is 2.89 bits per heavy atom. The van der Waals surface area contributed by atoms with Crippen molar-refractivity contribution in [3.63, 3.8) is 0 Å². The first-order valence-electron chi connectivity index (χ1n) is 5.63. The van der Waals surface area contributed by atoms with E-state index in [0.717, 1.165) is 10.2 Å². The summed E-state index contributed by atoms with van der Waals surface area (Å²) in [4.78, 5) is 1.17. The zero-order valence-electron chi connectivity index (χ0n) is 10.3. The van der Waals surface area contributed by atoms with Gasteiger partial charge in [-0.05, 0) is 35.0 Å². The molecular formula is C13H15BrN2OS. The molecule has 1 aromatic heterocycles. The molecule has 1 N–H and O–H groups in total. The van der Waals surface area contributed by atoms with Crippen molar-refractivity contribution >= 4 is 27.7 Å². The molecule has 1 heterocycles. The van der Waals surface area contributed by atoms with Crippen LogP contribution in [-0.4, -0.2) is 20.6 Å². The van der Waals surface area contributed by atoms with E-state index >= 15 is 0 Å². The number of nitrogens with zero attached hydrogens (tertiary/aromatic N) is 2. The summed E-state index contributed by atoms with van der Waals surface area (Å²) in [6.07, 6.45) is 1.17. The van der Waals surface area contributed by atoms with Crippen LogP contribution in [-0.2, 0) is 7.05 Å². The van der Waals surface area contributed by atoms with E-state index in [9.17, 15) is 5.11 Å². The summed E-state index contributed by atoms with van der Waals surface area (Å²) in [6, 6.07) is 8.28. The van der Waals surface area contributed by atoms with Crippen LogP contribution < -0.4 is 0 Å². The van der Waals surface area contributed by atoms with Gasteiger partial charge in [-0.15, -0.1) is 11.8 Å². The van der Waals surface area contributed by atoms with Crippen LogP contribution in [0.5, 0.6) is 0 Å². The molecular weight excluding hydrogens is 312 g/mol. The lowest BCUT2D eigenvalue weighted by Gasteiger charge is -2.11. The van der Waals surface area contributed by atoms with Gasteiger partial charge in [0.1, 0.15) is 6.10 Å². The average Bonchev–Trinajstić information content (AvgIpc) is 2.66. The van der Waals surface area contributed by atoms with Gasteiger partial charge in [0.2, 0.25) is 0 Å². The fourth-order valence-corrected chi connectivity index (χ4v) is 3.32. The van der Waals surface area contributed by atoms with Crippen LogP contribution in [0.4, 0.5) is 0 Å². The monoisotopic (exact) mass is 326 g/mol. The topological polar surface area (TPSA) is 38.1 Å². The molecule has 18 heavy (non-hydrogen) atoms. The molecule has 0 amide bonds. The number of aliphatic hydroxyl groups excluding tert-OH is 1. The zero-order chi connectivity index (χ0) is 13.1. The fraction of sp³-hybridized carbons (Fsp3) is 0.308. The minimum atomic E-state index is -0.530. The molecule has 5 heteroatoms. The quantitative estimate of drug-likeness (QED) is 0.876. The summed E-state index contributed by atoms with van der Waals surface area (Å²) >= 11 is 5.05. The van der Waals surface area contributed by atoms with Crippen LogP contribution in [0.15, 0.2) is 39.8 Å². The number of hydrogen-bond donors (Lipinski definition) is 1. The molecule has 0 saturated carbocycles. The Bertz CT molecular complexity index is 522. The van der Waals surface area contributed by atoms with Gasteiger partial charge in [0.25, 0.3) is 0 Å². The van der Waals surface area contributed by atoms with Crippen LogP contribution >= 0.6 is 27.7 Å². The van der Waals surface area contributed by atoms with E-state index in [2.05, 4.69) is 46.2 Å². The van der Waals surface area contributed by atoms with E-state index in [1.165, 1.54) is 10.5 Å². The second-order valence-electron chi connectivity index (χ2n) is 4.14. The number of thioether (sulfide) groups is 1. The summed E-state index contributed by atoms with van der Waals surface area (Å²) in [6.45, 7) is 2.07. The maximum atomic E-state index is 10.2. The van der Waals surface area contributed by atoms with Crippen molar-refractivity contribution in [1.82, 2.24) is 9.78 Å². The lowest BCUT2D eigenvalue weighted by molar-refractivity contribution is 0.193. The highest BCUT2D eigenvalue weighted by molar-refractivity contribution is 9.10. The second kappa shape index (κ2) is 5.91. The highest BCUT2D eigenvalue weighted by Crippen LogP contribution is 2.28. The second-order valence-corrected chi connectivity index (χ2v) is 6.09. The predicted octanol–water partition coefficient (Wildman–Crippen LogP) is 3.32. The Morgan fingerprint density at radius 1 is 1.50 bits per heavy atom. The highest BCUT2D eigenvalue weighted by Gasteiger charge is 2.16. The summed E-state index contributed by atoms with van der Waals surface area (Å²) in [5.41, 5.74) is 2.05. The van der Waals surface area contributed by atoms with Crippen LogP contribution in [0.1, 0.15) is 17.4 Å². The molecule has 1 aromatic carbocycles. The van der Waals surface area contributed by atoms with Gasteiger partial charge in [0.15, 0.2) is 0 Å². The standard InChI is InChI=1S/C13H15BrN2OS/c1-9-4-3-5-10(6-9)18-8-12(17)13-11(14)7-15-16(13)2/h3-7,12,17H,8H2,1-2H3. The third-order valence-corrected chi connectivity index (χ3v) is 4.33. The predicted molar refractivity (Wildman–Crippen MR) is 77.8 cm³/mol. The first-order chi connectivity index (χ1) is 8.58. The van der Waals surface area contributed by atoms with E-state index in [-0.39, 0.29) is 0 Å². The lowest BCUT2D eigenvalue weighted by Crippen LogP contribution is -2.08. The summed E-state index contributed by atoms with van der Waals surface area (Å²) in [7, 11) is 1.83. The van der Waals surface area contributed by atoms with E-state index in [1.54, 1.807) is 22.6 Å². The Hall–Kier alpha value is -0.780. The molecule has 0 aliphatic heterocycles. The van der Waals surface area contributed by atoms with Crippen LogP contribution in [0.2, 0.25) is 0 Å². The third kappa shape index (κ3) is 3.16. The van der Waals surface area contributed by atoms with Crippen molar-refractivity contribution in [2.75, 3.05) is 5.75 Å². The third-order valence-electron chi connectivity index (χ3n) is 2.65. The maximum absolute atomic E-state index is 10.2. The van der Waals surface area contributed by atoms with Crippen molar-refractivity contribution in [3.8, 4) is 0 Å². The van der Waals surface area contributed by atoms with Crippen LogP contribution in [0.25, 0.3) is 0 Å². The van der Waals surface area contributed by atoms with Crippen molar-refractivity contribution in [3.05, 3.63) is 46.2 Å². The van der Waals surface area contributed by atoms with E-state index in [4.69, 9.17) is 0 Å². The highest BCUT2D eigenvalue weighted by atomic mass is 79.9. The molecule has 1 unspecified atom stereocenters. The van der Waals surface area contributed by atoms with E-state index < -0.39 is 6.10 Å². The molecule has 0 bridgehead atoms. The average molecular weight is 327 g/mol. The number of hydrogen-bond acceptors (Lipinski definition) is 3. The molecule has 0 spiro atoms. The normalized spacial score (nSPS) is 12.7. The Kier molecular flexibility index (Phi) is 4.48. The van der Waals surface area contributed by atoms with E-state index in [0.29, 0.717) is 5.75 Å². The first kappa shape index (κ1) is 13.6. The molecule has 2 rings (SSSR count). The van der Waals surface area contributed by atoms with Gasteiger partial charge >= 0.3 is 0 Å². The number of rotatable bonds is 4. The number of aryl methyl sites for hydroxylation is 2. The summed E-state index contributed by atoms with van der Waals surface area (Å²) < 4.78 is 2.55. The van der Waals surface area contributed by atoms with Gasteiger partial charge in [-0.3, -0.25) is 4.68 Å². The number of aromatic nitrogens is 2. The zero-order valence-corrected chi connectivity index (χ0v) is 12.7. The molecule has 96 valence electrons. The Labute approximate surface area is 119 Å². The largest absolute Gasteiger partial charge is 0.386 e. The lowest BCUT2D eigenvalue weighted by atomic mass is 10.2. The van der Waals surface area contributed by atoms with Crippen LogP contribution in [0, 0.1) is 6.92 Å². The van der Waals surface area contributed by atoms with Gasteiger partial charge in [0, 0.05) is 17.7 Å². The number of halogens is 1. The minimum absolute atomic E-state index is 0.530. The molecule has 0 radical (unpaired) electrons. The van der Waals surface area contributed by atoms with Gasteiger partial charge in [0.05, 0.1) is 16.4 Å². The summed E-state index contributed by atoms with van der Waals surface area (Å²) in [5.74, 6) is 0.613. The maximum Gasteiger partial charge on any atom is 0.106 e. The molecule has 2 aromatic rings. The number of aliphatic hydroxyl groups is 1. The summed E-state index contributed by atoms with van der Waals surface area (Å²) in [5, 5.41) is 14.3. The van der Waals surface area contributed by atoms with Gasteiger partial charge in [-0.2, -0.15) is 5.10 Å². The van der Waals surface area contributed by atoms with Gasteiger partial charge in [-0.25, -0.2) is 0 Å². The van der Waals surface area contributed by atoms with E-state index in [1.807, 2.05) is 13.1 Å². The molecule has 0 fully saturated rings. The first-order valence-corrected chi connectivity index (χ1v) is 7.40. The van der Waals surface area contributed by atoms with Crippen molar-refractivity contribution < 1.29 is 5.11 Å². The number of benzene rings is 1. The molecule has 0 saturated heterocycles. The van der Waals surface area contributed by atoms with Crippen molar-refractivity contribution in [1.29, 1.82) is 0 Å². The smallest absolute Gasteiger partial charge is 0.106 e. The van der Waals surface area contributed by atoms with Gasteiger partial charge in [-0.1, -0.05) is 17.7 Å². The molecule has 3 nitrogen and oxygen atoms in total. The SMILES string of the molecule is Cc1cccc(SCC(O)c2c(Br)cnn2C)c1. The molecule has 0 aliphatic carbocycles. The Morgan fingerprint density at radius 2 is 2.28 bits per heavy atom.